The highest BCUT2D eigenvalue weighted by molar-refractivity contribution is 5.98. The molecular weight excluding hydrogens is 200 g/mol. The average molecular weight is 214 g/mol. The maximum atomic E-state index is 6.04. The molecule has 1 unspecified atom stereocenters. The highest BCUT2D eigenvalue weighted by Gasteiger charge is 2.17. The number of nitrogens with two attached hydrogens (primary N) is 2. The fraction of sp³-hybridized carbons (Fsp3) is 0.0769. The van der Waals surface area contributed by atoms with E-state index < -0.39 is 0 Å². The maximum Gasteiger partial charge on any atom is 0.0510 e. The van der Waals surface area contributed by atoms with Gasteiger partial charge in [-0.1, -0.05) is 36.4 Å². The molecule has 0 radical (unpaired) electrons. The quantitative estimate of drug-likeness (QED) is 0.693. The summed E-state index contributed by atoms with van der Waals surface area (Å²) in [4.78, 5) is 0. The second kappa shape index (κ2) is 3.63. The first-order chi connectivity index (χ1) is 7.27. The molecule has 1 aliphatic rings. The number of rotatable bonds is 0. The molecule has 2 aromatic carbocycles. The van der Waals surface area contributed by atoms with E-state index in [-0.39, 0.29) is 11.5 Å². The Morgan fingerprint density at radius 3 is 2.44 bits per heavy atom. The summed E-state index contributed by atoms with van der Waals surface area (Å²) in [6.07, 6.45) is 1.91. The summed E-state index contributed by atoms with van der Waals surface area (Å²) in [5, 5.41) is 2.41. The first kappa shape index (κ1) is 10.7. The molecule has 0 amide bonds. The van der Waals surface area contributed by atoms with Crippen LogP contribution < -0.4 is 11.5 Å². The Kier molecular flexibility index (Phi) is 2.42. The molecule has 3 rings (SSSR count). The van der Waals surface area contributed by atoms with E-state index in [4.69, 9.17) is 11.5 Å². The van der Waals surface area contributed by atoms with E-state index in [1.165, 1.54) is 10.8 Å². The standard InChI is InChI=1S/C13H12N2.H2O/c14-11-7-12(15)10-6-2-4-8-3-1-5-9(11)13(8)10;/h1-7,11H,14-15H2;1H2. The molecular formula is C13H14N2O. The van der Waals surface area contributed by atoms with Gasteiger partial charge in [0, 0.05) is 11.3 Å². The summed E-state index contributed by atoms with van der Waals surface area (Å²) in [6, 6.07) is 12.3. The largest absolute Gasteiger partial charge is 0.412 e. The fourth-order valence-corrected chi connectivity index (χ4v) is 2.26. The molecule has 0 aromatic heterocycles. The van der Waals surface area contributed by atoms with Gasteiger partial charge in [-0.25, -0.2) is 0 Å². The van der Waals surface area contributed by atoms with Crippen molar-refractivity contribution in [3.8, 4) is 0 Å². The van der Waals surface area contributed by atoms with Gasteiger partial charge in [0.2, 0.25) is 0 Å². The van der Waals surface area contributed by atoms with Crippen LogP contribution in [0.4, 0.5) is 0 Å². The summed E-state index contributed by atoms with van der Waals surface area (Å²) in [5.41, 5.74) is 15.1. The zero-order valence-corrected chi connectivity index (χ0v) is 8.77. The van der Waals surface area contributed by atoms with Crippen LogP contribution in [0, 0.1) is 0 Å². The van der Waals surface area contributed by atoms with Gasteiger partial charge in [0.15, 0.2) is 0 Å². The Morgan fingerprint density at radius 1 is 1.00 bits per heavy atom. The smallest absolute Gasteiger partial charge is 0.0510 e. The number of hydrogen-bond donors (Lipinski definition) is 2. The third-order valence-electron chi connectivity index (χ3n) is 2.97. The van der Waals surface area contributed by atoms with Crippen LogP contribution in [-0.4, -0.2) is 5.48 Å². The maximum absolute atomic E-state index is 6.04. The Balaban J connectivity index is 0.000000963. The van der Waals surface area contributed by atoms with Crippen molar-refractivity contribution < 1.29 is 5.48 Å². The monoisotopic (exact) mass is 214 g/mol. The van der Waals surface area contributed by atoms with Crippen LogP contribution in [0.1, 0.15) is 17.2 Å². The van der Waals surface area contributed by atoms with Gasteiger partial charge in [-0.2, -0.15) is 0 Å². The first-order valence-electron chi connectivity index (χ1n) is 5.02. The predicted octanol–water partition coefficient (Wildman–Crippen LogP) is 1.33. The molecule has 0 bridgehead atoms. The minimum Gasteiger partial charge on any atom is -0.412 e. The average Bonchev–Trinajstić information content (AvgIpc) is 2.25. The van der Waals surface area contributed by atoms with Crippen LogP contribution in [0.15, 0.2) is 42.5 Å². The Labute approximate surface area is 93.7 Å². The molecule has 0 spiro atoms. The van der Waals surface area contributed by atoms with Crippen molar-refractivity contribution in [2.75, 3.05) is 0 Å². The molecule has 1 atom stereocenters. The van der Waals surface area contributed by atoms with Gasteiger partial charge in [-0.15, -0.1) is 0 Å². The van der Waals surface area contributed by atoms with Crippen LogP contribution in [-0.2, 0) is 0 Å². The van der Waals surface area contributed by atoms with Crippen LogP contribution in [0.3, 0.4) is 0 Å². The molecule has 3 nitrogen and oxygen atoms in total. The van der Waals surface area contributed by atoms with E-state index in [1.807, 2.05) is 24.3 Å². The van der Waals surface area contributed by atoms with Gasteiger partial charge in [0.05, 0.1) is 6.04 Å². The molecule has 0 heterocycles. The Morgan fingerprint density at radius 2 is 1.69 bits per heavy atom. The Hall–Kier alpha value is -1.84. The van der Waals surface area contributed by atoms with Crippen molar-refractivity contribution in [1.82, 2.24) is 0 Å². The van der Waals surface area contributed by atoms with Gasteiger partial charge < -0.3 is 16.9 Å². The third-order valence-corrected chi connectivity index (χ3v) is 2.97. The highest BCUT2D eigenvalue weighted by Crippen LogP contribution is 2.34. The van der Waals surface area contributed by atoms with Gasteiger partial charge in [0.1, 0.15) is 0 Å². The van der Waals surface area contributed by atoms with Gasteiger partial charge in [0.25, 0.3) is 0 Å². The molecule has 6 N–H and O–H groups in total. The van der Waals surface area contributed by atoms with Crippen molar-refractivity contribution in [3.63, 3.8) is 0 Å². The third kappa shape index (κ3) is 1.30. The molecule has 3 heteroatoms. The van der Waals surface area contributed by atoms with Crippen molar-refractivity contribution in [2.45, 2.75) is 6.04 Å². The molecule has 0 fully saturated rings. The van der Waals surface area contributed by atoms with E-state index in [9.17, 15) is 0 Å². The van der Waals surface area contributed by atoms with Crippen LogP contribution in [0.25, 0.3) is 16.5 Å². The molecule has 16 heavy (non-hydrogen) atoms. The minimum atomic E-state index is -0.0800. The van der Waals surface area contributed by atoms with Crippen LogP contribution >= 0.6 is 0 Å². The van der Waals surface area contributed by atoms with Crippen LogP contribution in [0.2, 0.25) is 0 Å². The number of hydrogen-bond acceptors (Lipinski definition) is 2. The van der Waals surface area contributed by atoms with E-state index >= 15 is 0 Å². The lowest BCUT2D eigenvalue weighted by molar-refractivity contribution is 0.824. The van der Waals surface area contributed by atoms with Gasteiger partial charge >= 0.3 is 0 Å². The van der Waals surface area contributed by atoms with Crippen molar-refractivity contribution in [2.24, 2.45) is 11.5 Å². The van der Waals surface area contributed by atoms with E-state index in [1.54, 1.807) is 0 Å². The normalized spacial score (nSPS) is 17.8. The topological polar surface area (TPSA) is 83.5 Å². The van der Waals surface area contributed by atoms with E-state index in [2.05, 4.69) is 18.2 Å². The summed E-state index contributed by atoms with van der Waals surface area (Å²) < 4.78 is 0. The van der Waals surface area contributed by atoms with Crippen molar-refractivity contribution >= 4 is 16.5 Å². The minimum absolute atomic E-state index is 0. The van der Waals surface area contributed by atoms with E-state index in [0.717, 1.165) is 16.8 Å². The SMILES string of the molecule is NC1=CC(N)c2cccc3cccc1c23.O. The summed E-state index contributed by atoms with van der Waals surface area (Å²) >= 11 is 0. The highest BCUT2D eigenvalue weighted by atomic mass is 16.0. The zero-order valence-electron chi connectivity index (χ0n) is 8.77. The van der Waals surface area contributed by atoms with E-state index in [0.29, 0.717) is 0 Å². The molecule has 2 aromatic rings. The van der Waals surface area contributed by atoms with Crippen molar-refractivity contribution in [3.05, 3.63) is 53.6 Å². The second-order valence-electron chi connectivity index (χ2n) is 3.90. The number of benzene rings is 2. The lowest BCUT2D eigenvalue weighted by Crippen LogP contribution is -2.15. The first-order valence-corrected chi connectivity index (χ1v) is 5.02. The van der Waals surface area contributed by atoms with Gasteiger partial charge in [-0.3, -0.25) is 0 Å². The fourth-order valence-electron chi connectivity index (χ4n) is 2.26. The summed E-state index contributed by atoms with van der Waals surface area (Å²) in [7, 11) is 0. The summed E-state index contributed by atoms with van der Waals surface area (Å²) in [6.45, 7) is 0. The summed E-state index contributed by atoms with van der Waals surface area (Å²) in [5.74, 6) is 0. The van der Waals surface area contributed by atoms with Gasteiger partial charge in [-0.05, 0) is 22.4 Å². The zero-order chi connectivity index (χ0) is 10.4. The molecule has 0 saturated carbocycles. The molecule has 0 saturated heterocycles. The molecule has 0 aliphatic heterocycles. The van der Waals surface area contributed by atoms with Crippen LogP contribution in [0.5, 0.6) is 0 Å². The molecule has 1 aliphatic carbocycles. The second-order valence-corrected chi connectivity index (χ2v) is 3.90. The van der Waals surface area contributed by atoms with Crippen molar-refractivity contribution in [1.29, 1.82) is 0 Å². The lowest BCUT2D eigenvalue weighted by Gasteiger charge is -2.20. The lowest BCUT2D eigenvalue weighted by atomic mass is 9.89. The molecule has 82 valence electrons. The predicted molar refractivity (Wildman–Crippen MR) is 66.7 cm³/mol. The Bertz CT molecular complexity index is 570.